The third-order valence-electron chi connectivity index (χ3n) is 6.72. The van der Waals surface area contributed by atoms with Gasteiger partial charge in [-0.05, 0) is 53.4 Å². The SMILES string of the molecule is O=C(NCc1cccc(F)c1)[C@@H]1Cc2ccccc2N2CCN(Cc3ccc(F)cc3)C[C@H]12. The first-order valence-electron chi connectivity index (χ1n) is 11.4. The van der Waals surface area contributed by atoms with Crippen molar-refractivity contribution in [1.29, 1.82) is 0 Å². The maximum absolute atomic E-state index is 13.5. The summed E-state index contributed by atoms with van der Waals surface area (Å²) in [4.78, 5) is 18.0. The number of rotatable bonds is 5. The van der Waals surface area contributed by atoms with Crippen molar-refractivity contribution in [3.8, 4) is 0 Å². The van der Waals surface area contributed by atoms with Crippen LogP contribution >= 0.6 is 0 Å². The summed E-state index contributed by atoms with van der Waals surface area (Å²) in [5.74, 6) is -0.748. The Kier molecular flexibility index (Phi) is 6.09. The van der Waals surface area contributed by atoms with Crippen LogP contribution in [0.1, 0.15) is 16.7 Å². The Hall–Kier alpha value is -3.25. The van der Waals surface area contributed by atoms with E-state index in [4.69, 9.17) is 0 Å². The molecule has 0 bridgehead atoms. The normalized spacial score (nSPS) is 20.1. The van der Waals surface area contributed by atoms with E-state index in [0.29, 0.717) is 13.0 Å². The number of halogens is 2. The number of amides is 1. The molecule has 1 amide bonds. The van der Waals surface area contributed by atoms with Crippen LogP contribution in [-0.2, 0) is 24.3 Å². The van der Waals surface area contributed by atoms with Gasteiger partial charge in [0.2, 0.25) is 5.91 Å². The summed E-state index contributed by atoms with van der Waals surface area (Å²) < 4.78 is 26.8. The van der Waals surface area contributed by atoms with Crippen LogP contribution in [-0.4, -0.2) is 36.5 Å². The first kappa shape index (κ1) is 21.6. The highest BCUT2D eigenvalue weighted by molar-refractivity contribution is 5.82. The van der Waals surface area contributed by atoms with E-state index < -0.39 is 0 Å². The van der Waals surface area contributed by atoms with E-state index in [1.54, 1.807) is 6.07 Å². The Morgan fingerprint density at radius 2 is 1.73 bits per heavy atom. The average molecular weight is 448 g/mol. The van der Waals surface area contributed by atoms with Crippen molar-refractivity contribution in [2.24, 2.45) is 5.92 Å². The molecule has 2 aliphatic rings. The van der Waals surface area contributed by atoms with Crippen molar-refractivity contribution in [3.63, 3.8) is 0 Å². The Labute approximate surface area is 192 Å². The van der Waals surface area contributed by atoms with Crippen molar-refractivity contribution in [3.05, 3.63) is 101 Å². The molecule has 2 heterocycles. The Bertz CT molecular complexity index is 1130. The lowest BCUT2D eigenvalue weighted by atomic mass is 9.83. The summed E-state index contributed by atoms with van der Waals surface area (Å²) >= 11 is 0. The minimum atomic E-state index is -0.303. The summed E-state index contributed by atoms with van der Waals surface area (Å²) in [6.07, 6.45) is 0.677. The first-order chi connectivity index (χ1) is 16.1. The van der Waals surface area contributed by atoms with Gasteiger partial charge in [-0.2, -0.15) is 0 Å². The van der Waals surface area contributed by atoms with Crippen LogP contribution in [0.5, 0.6) is 0 Å². The molecule has 4 nitrogen and oxygen atoms in total. The third kappa shape index (κ3) is 4.76. The third-order valence-corrected chi connectivity index (χ3v) is 6.72. The molecule has 6 heteroatoms. The predicted molar refractivity (Wildman–Crippen MR) is 125 cm³/mol. The number of hydrogen-bond acceptors (Lipinski definition) is 3. The Morgan fingerprint density at radius 1 is 0.909 bits per heavy atom. The van der Waals surface area contributed by atoms with Gasteiger partial charge in [0.05, 0.1) is 12.0 Å². The maximum Gasteiger partial charge on any atom is 0.225 e. The standard InChI is InChI=1S/C27H27F2N3O/c28-22-10-8-19(9-11-22)17-31-12-13-32-25-7-2-1-5-21(25)15-24(26(32)18-31)27(33)30-16-20-4-3-6-23(29)14-20/h1-11,14,24,26H,12-13,15-18H2,(H,30,33)/t24-,26-/m1/s1. The number of nitrogens with zero attached hydrogens (tertiary/aromatic N) is 2. The van der Waals surface area contributed by atoms with E-state index in [2.05, 4.69) is 27.2 Å². The molecule has 0 radical (unpaired) electrons. The highest BCUT2D eigenvalue weighted by Gasteiger charge is 2.41. The van der Waals surface area contributed by atoms with Crippen molar-refractivity contribution in [1.82, 2.24) is 10.2 Å². The number of piperazine rings is 1. The summed E-state index contributed by atoms with van der Waals surface area (Å²) in [6, 6.07) is 21.3. The van der Waals surface area contributed by atoms with Crippen LogP contribution in [0.2, 0.25) is 0 Å². The number of carbonyl (C=O) groups excluding carboxylic acids is 1. The van der Waals surface area contributed by atoms with Gasteiger partial charge in [0.1, 0.15) is 11.6 Å². The topological polar surface area (TPSA) is 35.6 Å². The summed E-state index contributed by atoms with van der Waals surface area (Å²) in [5, 5.41) is 3.04. The highest BCUT2D eigenvalue weighted by atomic mass is 19.1. The highest BCUT2D eigenvalue weighted by Crippen LogP contribution is 2.36. The molecule has 0 spiro atoms. The van der Waals surface area contributed by atoms with E-state index in [-0.39, 0.29) is 29.5 Å². The summed E-state index contributed by atoms with van der Waals surface area (Å²) in [7, 11) is 0. The van der Waals surface area contributed by atoms with E-state index in [0.717, 1.165) is 37.3 Å². The fraction of sp³-hybridized carbons (Fsp3) is 0.296. The molecule has 0 aromatic heterocycles. The second-order valence-corrected chi connectivity index (χ2v) is 8.91. The van der Waals surface area contributed by atoms with Crippen LogP contribution in [0.4, 0.5) is 14.5 Å². The van der Waals surface area contributed by atoms with E-state index in [1.807, 2.05) is 30.3 Å². The fourth-order valence-electron chi connectivity index (χ4n) is 5.08. The molecule has 170 valence electrons. The minimum Gasteiger partial charge on any atom is -0.365 e. The number of nitrogens with one attached hydrogen (secondary N) is 1. The van der Waals surface area contributed by atoms with Crippen molar-refractivity contribution < 1.29 is 13.6 Å². The largest absolute Gasteiger partial charge is 0.365 e. The molecule has 5 rings (SSSR count). The molecule has 33 heavy (non-hydrogen) atoms. The Morgan fingerprint density at radius 3 is 2.55 bits per heavy atom. The van der Waals surface area contributed by atoms with Gasteiger partial charge >= 0.3 is 0 Å². The molecule has 3 aromatic carbocycles. The molecule has 3 aromatic rings. The second kappa shape index (κ2) is 9.32. The lowest BCUT2D eigenvalue weighted by molar-refractivity contribution is -0.126. The van der Waals surface area contributed by atoms with Crippen LogP contribution in [0.3, 0.4) is 0 Å². The molecule has 2 aliphatic heterocycles. The van der Waals surface area contributed by atoms with Crippen LogP contribution in [0.15, 0.2) is 72.8 Å². The number of hydrogen-bond donors (Lipinski definition) is 1. The van der Waals surface area contributed by atoms with Gasteiger partial charge in [0, 0.05) is 38.4 Å². The molecule has 2 atom stereocenters. The quantitative estimate of drug-likeness (QED) is 0.639. The molecule has 1 fully saturated rings. The summed E-state index contributed by atoms with van der Waals surface area (Å²) in [5.41, 5.74) is 4.20. The maximum atomic E-state index is 13.5. The zero-order valence-electron chi connectivity index (χ0n) is 18.4. The van der Waals surface area contributed by atoms with Crippen molar-refractivity contribution in [2.75, 3.05) is 24.5 Å². The van der Waals surface area contributed by atoms with Crippen molar-refractivity contribution >= 4 is 11.6 Å². The zero-order chi connectivity index (χ0) is 22.8. The first-order valence-corrected chi connectivity index (χ1v) is 11.4. The van der Waals surface area contributed by atoms with Gasteiger partial charge in [-0.3, -0.25) is 9.69 Å². The van der Waals surface area contributed by atoms with Crippen molar-refractivity contribution in [2.45, 2.75) is 25.6 Å². The van der Waals surface area contributed by atoms with Gasteiger partial charge in [0.25, 0.3) is 0 Å². The molecule has 1 N–H and O–H groups in total. The van der Waals surface area contributed by atoms with E-state index in [1.165, 1.54) is 35.5 Å². The number of benzene rings is 3. The second-order valence-electron chi connectivity index (χ2n) is 8.91. The average Bonchev–Trinajstić information content (AvgIpc) is 2.83. The molecule has 1 saturated heterocycles. The lowest BCUT2D eigenvalue weighted by Crippen LogP contribution is -2.60. The number of carbonyl (C=O) groups is 1. The van der Waals surface area contributed by atoms with E-state index >= 15 is 0 Å². The van der Waals surface area contributed by atoms with Gasteiger partial charge in [-0.15, -0.1) is 0 Å². The van der Waals surface area contributed by atoms with Crippen LogP contribution < -0.4 is 10.2 Å². The lowest BCUT2D eigenvalue weighted by Gasteiger charge is -2.49. The minimum absolute atomic E-state index is 0.00704. The summed E-state index contributed by atoms with van der Waals surface area (Å²) in [6.45, 7) is 3.49. The van der Waals surface area contributed by atoms with Gasteiger partial charge in [-0.25, -0.2) is 8.78 Å². The molecule has 0 aliphatic carbocycles. The number of para-hydroxylation sites is 1. The molecular formula is C27H27F2N3O. The van der Waals surface area contributed by atoms with Crippen LogP contribution in [0, 0.1) is 17.6 Å². The Balaban J connectivity index is 1.34. The molecule has 0 saturated carbocycles. The van der Waals surface area contributed by atoms with Gasteiger partial charge < -0.3 is 10.2 Å². The molecular weight excluding hydrogens is 420 g/mol. The van der Waals surface area contributed by atoms with Crippen LogP contribution in [0.25, 0.3) is 0 Å². The van der Waals surface area contributed by atoms with Gasteiger partial charge in [0.15, 0.2) is 0 Å². The monoisotopic (exact) mass is 447 g/mol. The number of anilines is 1. The fourth-order valence-corrected chi connectivity index (χ4v) is 5.08. The predicted octanol–water partition coefficient (Wildman–Crippen LogP) is 4.14. The van der Waals surface area contributed by atoms with Gasteiger partial charge in [-0.1, -0.05) is 42.5 Å². The van der Waals surface area contributed by atoms with E-state index in [9.17, 15) is 13.6 Å². The smallest absolute Gasteiger partial charge is 0.225 e. The molecule has 0 unspecified atom stereocenters. The number of fused-ring (bicyclic) bond motifs is 3. The zero-order valence-corrected chi connectivity index (χ0v) is 18.4.